The molecule has 7 nitrogen and oxygen atoms in total. The van der Waals surface area contributed by atoms with Gasteiger partial charge in [0.2, 0.25) is 0 Å². The van der Waals surface area contributed by atoms with Crippen LogP contribution in [0.4, 0.5) is 0 Å². The highest BCUT2D eigenvalue weighted by Crippen LogP contribution is 2.73. The first-order valence-corrected chi connectivity index (χ1v) is 15.8. The largest absolute Gasteiger partial charge is 0.465 e. The van der Waals surface area contributed by atoms with E-state index in [1.165, 1.54) is 5.56 Å². The number of ether oxygens (including phenoxy) is 1. The Labute approximate surface area is 249 Å². The summed E-state index contributed by atoms with van der Waals surface area (Å²) in [5.74, 6) is -0.604. The Kier molecular flexibility index (Phi) is 7.60. The molecule has 1 aliphatic heterocycles. The lowest BCUT2D eigenvalue weighted by molar-refractivity contribution is -0.159. The lowest BCUT2D eigenvalue weighted by Gasteiger charge is -2.60. The number of aliphatic hydroxyl groups is 2. The van der Waals surface area contributed by atoms with Crippen molar-refractivity contribution in [2.45, 2.75) is 71.4 Å². The van der Waals surface area contributed by atoms with Gasteiger partial charge in [-0.05, 0) is 92.9 Å². The van der Waals surface area contributed by atoms with Gasteiger partial charge in [-0.3, -0.25) is 19.3 Å². The predicted octanol–water partition coefficient (Wildman–Crippen LogP) is 3.92. The number of allylic oxidation sites excluding steroid dienone is 4. The van der Waals surface area contributed by atoms with Gasteiger partial charge in [-0.2, -0.15) is 0 Å². The van der Waals surface area contributed by atoms with Crippen molar-refractivity contribution >= 4 is 17.5 Å². The van der Waals surface area contributed by atoms with Crippen LogP contribution in [0.1, 0.15) is 58.4 Å². The van der Waals surface area contributed by atoms with Gasteiger partial charge >= 0.3 is 5.97 Å². The average molecular weight is 576 g/mol. The molecule has 4 fully saturated rings. The number of carbonyl (C=O) groups is 3. The molecule has 226 valence electrons. The van der Waals surface area contributed by atoms with Gasteiger partial charge in [-0.15, -0.1) is 0 Å². The second-order valence-electron chi connectivity index (χ2n) is 13.9. The molecule has 5 aliphatic rings. The van der Waals surface area contributed by atoms with Crippen molar-refractivity contribution in [3.05, 3.63) is 59.7 Å². The molecule has 4 aliphatic carbocycles. The minimum atomic E-state index is -0.946. The third-order valence-electron chi connectivity index (χ3n) is 12.2. The van der Waals surface area contributed by atoms with Gasteiger partial charge < -0.3 is 14.9 Å². The topological polar surface area (TPSA) is 104 Å². The van der Waals surface area contributed by atoms with Crippen molar-refractivity contribution in [1.29, 1.82) is 0 Å². The Morgan fingerprint density at radius 1 is 1.14 bits per heavy atom. The molecule has 1 unspecified atom stereocenters. The van der Waals surface area contributed by atoms with Crippen LogP contribution in [-0.4, -0.2) is 71.1 Å². The molecule has 42 heavy (non-hydrogen) atoms. The van der Waals surface area contributed by atoms with Crippen LogP contribution in [0.25, 0.3) is 0 Å². The number of nitrogens with zero attached hydrogens (tertiary/aromatic N) is 1. The van der Waals surface area contributed by atoms with Gasteiger partial charge in [0.1, 0.15) is 12.6 Å². The Balaban J connectivity index is 1.36. The Morgan fingerprint density at radius 3 is 2.62 bits per heavy atom. The first-order chi connectivity index (χ1) is 20.1. The van der Waals surface area contributed by atoms with E-state index in [0.717, 1.165) is 31.3 Å². The Morgan fingerprint density at radius 2 is 1.90 bits per heavy atom. The quantitative estimate of drug-likeness (QED) is 0.453. The SMILES string of the molecule is CCOC(=O)C1[C@@H]2C[C@H]3[C@@H]4CCC5=CC(=O)C=C[C@]5(C)[C@H]4[C@@H](O)C[C@]3(C)[C@]2(C(=O)CO)CN1CCCc1ccccc1. The summed E-state index contributed by atoms with van der Waals surface area (Å²) in [6, 6.07) is 9.70. The van der Waals surface area contributed by atoms with Crippen molar-refractivity contribution < 1.29 is 29.3 Å². The molecule has 0 aromatic heterocycles. The van der Waals surface area contributed by atoms with E-state index in [4.69, 9.17) is 4.74 Å². The summed E-state index contributed by atoms with van der Waals surface area (Å²) in [5, 5.41) is 22.3. The van der Waals surface area contributed by atoms with E-state index in [9.17, 15) is 24.6 Å². The molecule has 1 heterocycles. The lowest BCUT2D eigenvalue weighted by atomic mass is 9.44. The van der Waals surface area contributed by atoms with Crippen LogP contribution in [0.15, 0.2) is 54.1 Å². The molecule has 2 N–H and O–H groups in total. The van der Waals surface area contributed by atoms with E-state index in [1.54, 1.807) is 12.2 Å². The number of esters is 1. The summed E-state index contributed by atoms with van der Waals surface area (Å²) in [7, 11) is 0. The molecule has 0 radical (unpaired) electrons. The Hall–Kier alpha value is -2.61. The summed E-state index contributed by atoms with van der Waals surface area (Å²) in [5.41, 5.74) is 0.387. The van der Waals surface area contributed by atoms with Crippen LogP contribution in [-0.2, 0) is 25.5 Å². The minimum Gasteiger partial charge on any atom is -0.465 e. The standard InChI is InChI=1S/C35H45NO6/c1-4-42-32(41)31-27-18-26-25-13-12-23-17-24(38)14-15-33(23,2)30(25)28(39)19-34(26,3)35(27,29(40)20-37)21-36(31)16-8-11-22-9-6-5-7-10-22/h5-7,9-10,14-15,17,25-28,30-31,37,39H,4,8,11-13,16,18-21H2,1-3H3/t25-,26-,27-,28-,30+,31?,33-,34-,35+/m0/s1. The van der Waals surface area contributed by atoms with Crippen LogP contribution >= 0.6 is 0 Å². The van der Waals surface area contributed by atoms with E-state index >= 15 is 0 Å². The van der Waals surface area contributed by atoms with Crippen LogP contribution in [0.3, 0.4) is 0 Å². The fourth-order valence-corrected chi connectivity index (χ4v) is 10.5. The van der Waals surface area contributed by atoms with E-state index in [1.807, 2.05) is 31.2 Å². The zero-order valence-corrected chi connectivity index (χ0v) is 25.1. The van der Waals surface area contributed by atoms with E-state index in [0.29, 0.717) is 25.9 Å². The average Bonchev–Trinajstić information content (AvgIpc) is 3.42. The molecule has 3 saturated carbocycles. The fraction of sp³-hybridized carbons (Fsp3) is 0.629. The monoisotopic (exact) mass is 575 g/mol. The molecular weight excluding hydrogens is 530 g/mol. The molecule has 0 bridgehead atoms. The maximum atomic E-state index is 14.1. The molecule has 1 aromatic rings. The van der Waals surface area contributed by atoms with Gasteiger partial charge in [0.15, 0.2) is 11.6 Å². The summed E-state index contributed by atoms with van der Waals surface area (Å²) < 4.78 is 5.65. The fourth-order valence-electron chi connectivity index (χ4n) is 10.5. The van der Waals surface area contributed by atoms with Gasteiger partial charge in [-0.25, -0.2) is 0 Å². The number of aliphatic hydroxyl groups excluding tert-OH is 2. The van der Waals surface area contributed by atoms with Crippen LogP contribution in [0.2, 0.25) is 0 Å². The van der Waals surface area contributed by atoms with E-state index in [2.05, 4.69) is 30.9 Å². The van der Waals surface area contributed by atoms with Crippen LogP contribution < -0.4 is 0 Å². The number of fused-ring (bicyclic) bond motifs is 7. The summed E-state index contributed by atoms with van der Waals surface area (Å²) >= 11 is 0. The van der Waals surface area contributed by atoms with Crippen molar-refractivity contribution in [3.8, 4) is 0 Å². The molecular formula is C35H45NO6. The lowest BCUT2D eigenvalue weighted by Crippen LogP contribution is -2.60. The number of benzene rings is 1. The zero-order chi connectivity index (χ0) is 29.9. The first kappa shape index (κ1) is 29.5. The van der Waals surface area contributed by atoms with Crippen LogP contribution in [0, 0.1) is 39.9 Å². The summed E-state index contributed by atoms with van der Waals surface area (Å²) in [4.78, 5) is 42.1. The maximum absolute atomic E-state index is 14.1. The van der Waals surface area contributed by atoms with Crippen molar-refractivity contribution in [2.24, 2.45) is 39.9 Å². The van der Waals surface area contributed by atoms with Gasteiger partial charge in [-0.1, -0.05) is 55.8 Å². The zero-order valence-electron chi connectivity index (χ0n) is 25.1. The number of likely N-dealkylation sites (tertiary alicyclic amines) is 1. The number of rotatable bonds is 8. The smallest absolute Gasteiger partial charge is 0.323 e. The van der Waals surface area contributed by atoms with Crippen molar-refractivity contribution in [3.63, 3.8) is 0 Å². The second kappa shape index (κ2) is 10.8. The molecule has 0 amide bonds. The van der Waals surface area contributed by atoms with E-state index in [-0.39, 0.29) is 47.8 Å². The number of ketones is 2. The van der Waals surface area contributed by atoms with Gasteiger partial charge in [0.05, 0.1) is 18.1 Å². The predicted molar refractivity (Wildman–Crippen MR) is 158 cm³/mol. The highest BCUT2D eigenvalue weighted by molar-refractivity contribution is 6.01. The van der Waals surface area contributed by atoms with Crippen molar-refractivity contribution in [1.82, 2.24) is 4.90 Å². The number of carbonyl (C=O) groups excluding carboxylic acids is 3. The highest BCUT2D eigenvalue weighted by atomic mass is 16.5. The third kappa shape index (κ3) is 4.21. The minimum absolute atomic E-state index is 0.00332. The molecule has 1 aromatic carbocycles. The third-order valence-corrected chi connectivity index (χ3v) is 12.2. The molecule has 1 saturated heterocycles. The van der Waals surface area contributed by atoms with Crippen molar-refractivity contribution in [2.75, 3.05) is 26.3 Å². The number of Topliss-reactive ketones (excluding diaryl/α,β-unsaturated/α-hetero) is 1. The number of aryl methyl sites for hydroxylation is 1. The normalized spacial score (nSPS) is 40.5. The van der Waals surface area contributed by atoms with Gasteiger partial charge in [0.25, 0.3) is 0 Å². The highest BCUT2D eigenvalue weighted by Gasteiger charge is 2.76. The molecule has 7 heteroatoms. The maximum Gasteiger partial charge on any atom is 0.323 e. The van der Waals surface area contributed by atoms with Gasteiger partial charge in [0, 0.05) is 17.9 Å². The second-order valence-corrected chi connectivity index (χ2v) is 13.9. The number of hydrogen-bond acceptors (Lipinski definition) is 7. The van der Waals surface area contributed by atoms with E-state index < -0.39 is 35.0 Å². The first-order valence-electron chi connectivity index (χ1n) is 15.8. The summed E-state index contributed by atoms with van der Waals surface area (Å²) in [6.45, 7) is 6.83. The molecule has 0 spiro atoms. The summed E-state index contributed by atoms with van der Waals surface area (Å²) in [6.07, 6.45) is 9.15. The molecule has 9 atom stereocenters. The Bertz CT molecular complexity index is 1310. The molecule has 6 rings (SSSR count). The van der Waals surface area contributed by atoms with Crippen LogP contribution in [0.5, 0.6) is 0 Å². The number of hydrogen-bond donors (Lipinski definition) is 2.